The van der Waals surface area contributed by atoms with Crippen LogP contribution in [0.5, 0.6) is 5.75 Å². The van der Waals surface area contributed by atoms with E-state index in [4.69, 9.17) is 0 Å². The van der Waals surface area contributed by atoms with Crippen molar-refractivity contribution in [2.75, 3.05) is 26.7 Å². The van der Waals surface area contributed by atoms with Crippen LogP contribution < -0.4 is 0 Å². The maximum atomic E-state index is 10.5. The SMILES string of the molecule is CCC1CN2CCc3c([nH]c4c(O)cccc34)C2CC1CC1c2[nH]c3ccccc3c2CCN1C. The second kappa shape index (κ2) is 8.14. The maximum Gasteiger partial charge on any atom is 0.139 e. The Bertz CT molecular complexity index is 1400. The van der Waals surface area contributed by atoms with Crippen LogP contribution in [0.3, 0.4) is 0 Å². The van der Waals surface area contributed by atoms with Crippen LogP contribution in [-0.4, -0.2) is 51.6 Å². The van der Waals surface area contributed by atoms with Gasteiger partial charge >= 0.3 is 0 Å². The molecule has 0 bridgehead atoms. The van der Waals surface area contributed by atoms with Crippen molar-refractivity contribution in [3.63, 3.8) is 0 Å². The zero-order valence-corrected chi connectivity index (χ0v) is 20.8. The van der Waals surface area contributed by atoms with E-state index in [1.165, 1.54) is 59.0 Å². The monoisotopic (exact) mass is 468 g/mol. The number of nitrogens with zero attached hydrogens (tertiary/aromatic N) is 2. The van der Waals surface area contributed by atoms with E-state index in [0.717, 1.165) is 37.4 Å². The van der Waals surface area contributed by atoms with Gasteiger partial charge < -0.3 is 15.1 Å². The summed E-state index contributed by atoms with van der Waals surface area (Å²) in [4.78, 5) is 12.8. The first kappa shape index (κ1) is 21.5. The molecule has 5 nitrogen and oxygen atoms in total. The van der Waals surface area contributed by atoms with Gasteiger partial charge in [-0.15, -0.1) is 0 Å². The van der Waals surface area contributed by atoms with Gasteiger partial charge in [-0.1, -0.05) is 43.7 Å². The second-order valence-electron chi connectivity index (χ2n) is 11.2. The molecule has 35 heavy (non-hydrogen) atoms. The van der Waals surface area contributed by atoms with Crippen molar-refractivity contribution in [2.45, 2.75) is 51.1 Å². The van der Waals surface area contributed by atoms with Gasteiger partial charge in [0, 0.05) is 47.3 Å². The lowest BCUT2D eigenvalue weighted by Crippen LogP contribution is -2.47. The number of fused-ring (bicyclic) bond motifs is 8. The van der Waals surface area contributed by atoms with Crippen LogP contribution in [0.15, 0.2) is 42.5 Å². The molecule has 7 rings (SSSR count). The van der Waals surface area contributed by atoms with Gasteiger partial charge in [-0.25, -0.2) is 0 Å². The fourth-order valence-electron chi connectivity index (χ4n) is 7.62. The Kier molecular flexibility index (Phi) is 5.00. The molecule has 5 heteroatoms. The highest BCUT2D eigenvalue weighted by Crippen LogP contribution is 2.48. The normalized spacial score (nSPS) is 27.1. The van der Waals surface area contributed by atoms with E-state index >= 15 is 0 Å². The lowest BCUT2D eigenvalue weighted by atomic mass is 9.73. The lowest BCUT2D eigenvalue weighted by Gasteiger charge is -2.48. The summed E-state index contributed by atoms with van der Waals surface area (Å²) in [6.07, 6.45) is 5.84. The molecule has 4 unspecified atom stereocenters. The zero-order valence-electron chi connectivity index (χ0n) is 20.8. The van der Waals surface area contributed by atoms with Crippen LogP contribution in [-0.2, 0) is 12.8 Å². The van der Waals surface area contributed by atoms with Gasteiger partial charge in [0.2, 0.25) is 0 Å². The van der Waals surface area contributed by atoms with Crippen LogP contribution in [0.25, 0.3) is 21.8 Å². The largest absolute Gasteiger partial charge is 0.506 e. The van der Waals surface area contributed by atoms with Crippen molar-refractivity contribution in [2.24, 2.45) is 11.8 Å². The van der Waals surface area contributed by atoms with Gasteiger partial charge in [-0.05, 0) is 67.8 Å². The van der Waals surface area contributed by atoms with Crippen LogP contribution in [0.4, 0.5) is 0 Å². The Morgan fingerprint density at radius 1 is 0.914 bits per heavy atom. The molecule has 3 aliphatic heterocycles. The Hall–Kier alpha value is -2.76. The number of nitrogens with one attached hydrogen (secondary N) is 2. The Labute approximate surface area is 207 Å². The predicted octanol–water partition coefficient (Wildman–Crippen LogP) is 5.92. The molecule has 2 aromatic heterocycles. The van der Waals surface area contributed by atoms with Gasteiger partial charge in [-0.3, -0.25) is 9.80 Å². The molecule has 3 aliphatic rings. The van der Waals surface area contributed by atoms with Crippen LogP contribution in [0.1, 0.15) is 60.8 Å². The minimum Gasteiger partial charge on any atom is -0.506 e. The van der Waals surface area contributed by atoms with Crippen molar-refractivity contribution in [3.05, 3.63) is 65.0 Å². The standard InChI is InChI=1S/C30H36N4O/c1-3-18-17-34-14-12-23-21-8-6-10-27(35)30(21)32-29(23)26(34)16-19(18)15-25-28-22(11-13-33(25)2)20-7-4-5-9-24(20)31-28/h4-10,18-19,25-26,31-32,35H,3,11-17H2,1-2H3. The van der Waals surface area contributed by atoms with Crippen LogP contribution >= 0.6 is 0 Å². The number of phenolic OH excluding ortho intramolecular Hbond substituents is 1. The quantitative estimate of drug-likeness (QED) is 0.350. The first-order valence-corrected chi connectivity index (χ1v) is 13.5. The van der Waals surface area contributed by atoms with Gasteiger partial charge in [-0.2, -0.15) is 0 Å². The number of rotatable bonds is 3. The van der Waals surface area contributed by atoms with E-state index < -0.39 is 0 Å². The second-order valence-corrected chi connectivity index (χ2v) is 11.2. The molecule has 0 spiro atoms. The third-order valence-corrected chi connectivity index (χ3v) is 9.51. The molecule has 3 N–H and O–H groups in total. The summed E-state index contributed by atoms with van der Waals surface area (Å²) in [5.74, 6) is 1.78. The topological polar surface area (TPSA) is 58.3 Å². The number of phenols is 1. The Balaban J connectivity index is 1.23. The average molecular weight is 469 g/mol. The number of hydrogen-bond donors (Lipinski definition) is 3. The van der Waals surface area contributed by atoms with E-state index in [0.29, 0.717) is 23.8 Å². The molecule has 5 heterocycles. The summed E-state index contributed by atoms with van der Waals surface area (Å²) in [6, 6.07) is 15.7. The maximum absolute atomic E-state index is 10.5. The van der Waals surface area contributed by atoms with E-state index in [1.807, 2.05) is 6.07 Å². The molecule has 1 saturated heterocycles. The third-order valence-electron chi connectivity index (χ3n) is 9.51. The van der Waals surface area contributed by atoms with E-state index in [9.17, 15) is 5.11 Å². The van der Waals surface area contributed by atoms with Crippen LogP contribution in [0, 0.1) is 11.8 Å². The molecule has 182 valence electrons. The molecule has 2 aromatic carbocycles. The molecule has 4 aromatic rings. The van der Waals surface area contributed by atoms with Crippen molar-refractivity contribution < 1.29 is 5.11 Å². The number of likely N-dealkylation sites (N-methyl/N-ethyl adjacent to an activating group) is 1. The van der Waals surface area contributed by atoms with Gasteiger partial charge in [0.25, 0.3) is 0 Å². The summed E-state index contributed by atoms with van der Waals surface area (Å²) < 4.78 is 0. The minimum atomic E-state index is 0.373. The molecular weight excluding hydrogens is 432 g/mol. The summed E-state index contributed by atoms with van der Waals surface area (Å²) >= 11 is 0. The predicted molar refractivity (Wildman–Crippen MR) is 142 cm³/mol. The van der Waals surface area contributed by atoms with Gasteiger partial charge in [0.1, 0.15) is 5.75 Å². The summed E-state index contributed by atoms with van der Waals surface area (Å²) in [5, 5.41) is 13.1. The number of piperidine rings is 1. The zero-order chi connectivity index (χ0) is 23.7. The number of aromatic nitrogens is 2. The smallest absolute Gasteiger partial charge is 0.139 e. The van der Waals surface area contributed by atoms with Gasteiger partial charge in [0.15, 0.2) is 0 Å². The van der Waals surface area contributed by atoms with Crippen LogP contribution in [0.2, 0.25) is 0 Å². The Morgan fingerprint density at radius 2 is 1.71 bits per heavy atom. The van der Waals surface area contributed by atoms with E-state index in [2.05, 4.69) is 64.1 Å². The molecule has 0 radical (unpaired) electrons. The van der Waals surface area contributed by atoms with Crippen molar-refractivity contribution in [1.29, 1.82) is 0 Å². The number of para-hydroxylation sites is 2. The molecule has 0 saturated carbocycles. The first-order chi connectivity index (χ1) is 17.1. The molecule has 4 atom stereocenters. The van der Waals surface area contributed by atoms with Gasteiger partial charge in [0.05, 0.1) is 17.6 Å². The highest BCUT2D eigenvalue weighted by atomic mass is 16.3. The molecule has 0 aliphatic carbocycles. The summed E-state index contributed by atoms with van der Waals surface area (Å²) in [5.41, 5.74) is 7.99. The first-order valence-electron chi connectivity index (χ1n) is 13.5. The average Bonchev–Trinajstić information content (AvgIpc) is 3.45. The van der Waals surface area contributed by atoms with Crippen molar-refractivity contribution in [3.8, 4) is 5.75 Å². The molecular formula is C30H36N4O. The molecule has 1 fully saturated rings. The Morgan fingerprint density at radius 3 is 2.60 bits per heavy atom. The number of benzene rings is 2. The van der Waals surface area contributed by atoms with E-state index in [1.54, 1.807) is 11.6 Å². The summed E-state index contributed by atoms with van der Waals surface area (Å²) in [6.45, 7) is 5.82. The number of aromatic amines is 2. The fraction of sp³-hybridized carbons (Fsp3) is 0.467. The minimum absolute atomic E-state index is 0.373. The summed E-state index contributed by atoms with van der Waals surface area (Å²) in [7, 11) is 2.31. The van der Waals surface area contributed by atoms with E-state index in [-0.39, 0.29) is 0 Å². The van der Waals surface area contributed by atoms with Crippen molar-refractivity contribution >= 4 is 21.8 Å². The fourth-order valence-corrected chi connectivity index (χ4v) is 7.62. The highest BCUT2D eigenvalue weighted by Gasteiger charge is 2.41. The molecule has 0 amide bonds. The lowest BCUT2D eigenvalue weighted by molar-refractivity contribution is 0.0325. The number of aromatic hydroxyl groups is 1. The number of H-pyrrole nitrogens is 2. The third kappa shape index (κ3) is 3.28. The number of hydrogen-bond acceptors (Lipinski definition) is 3. The highest BCUT2D eigenvalue weighted by molar-refractivity contribution is 5.89. The van der Waals surface area contributed by atoms with Crippen molar-refractivity contribution in [1.82, 2.24) is 19.8 Å².